The predicted octanol–water partition coefficient (Wildman–Crippen LogP) is 2.77. The van der Waals surface area contributed by atoms with Crippen LogP contribution in [0.3, 0.4) is 0 Å². The lowest BCUT2D eigenvalue weighted by Gasteiger charge is -2.24. The standard InChI is InChI=1S/C17H22N4O2S/c1-17(23,13-6-10-24-11-13)12-19-16(22)20-14-5-4-7-18-15(14)21-8-2-3-9-21/h4-7,10-11,23H,2-3,8-9,12H2,1H3,(H2,19,20,22)/t17-/m1/s1. The lowest BCUT2D eigenvalue weighted by molar-refractivity contribution is 0.0604. The molecule has 3 N–H and O–H groups in total. The van der Waals surface area contributed by atoms with Crippen LogP contribution >= 0.6 is 11.3 Å². The quantitative estimate of drug-likeness (QED) is 0.778. The molecule has 0 unspecified atom stereocenters. The monoisotopic (exact) mass is 346 g/mol. The molecule has 7 heteroatoms. The number of pyridine rings is 1. The summed E-state index contributed by atoms with van der Waals surface area (Å²) < 4.78 is 0. The van der Waals surface area contributed by atoms with Gasteiger partial charge >= 0.3 is 6.03 Å². The molecule has 1 fully saturated rings. The average Bonchev–Trinajstić information content (AvgIpc) is 3.27. The van der Waals surface area contributed by atoms with E-state index < -0.39 is 5.60 Å². The van der Waals surface area contributed by atoms with E-state index >= 15 is 0 Å². The van der Waals surface area contributed by atoms with Crippen LogP contribution in [-0.4, -0.2) is 35.8 Å². The number of hydrogen-bond acceptors (Lipinski definition) is 5. The number of nitrogens with zero attached hydrogens (tertiary/aromatic N) is 2. The number of anilines is 2. The zero-order valence-corrected chi connectivity index (χ0v) is 14.5. The van der Waals surface area contributed by atoms with Crippen molar-refractivity contribution in [1.82, 2.24) is 10.3 Å². The van der Waals surface area contributed by atoms with Gasteiger partial charge in [-0.3, -0.25) is 0 Å². The molecule has 128 valence electrons. The largest absolute Gasteiger partial charge is 0.384 e. The number of amides is 2. The molecule has 1 aliphatic heterocycles. The minimum Gasteiger partial charge on any atom is -0.384 e. The third-order valence-corrected chi connectivity index (χ3v) is 4.86. The molecule has 0 spiro atoms. The molecule has 3 heterocycles. The molecule has 2 aromatic rings. The smallest absolute Gasteiger partial charge is 0.319 e. The Kier molecular flexibility index (Phi) is 5.01. The van der Waals surface area contributed by atoms with Crippen molar-refractivity contribution in [2.45, 2.75) is 25.4 Å². The minimum atomic E-state index is -1.09. The number of rotatable bonds is 5. The fourth-order valence-electron chi connectivity index (χ4n) is 2.77. The van der Waals surface area contributed by atoms with Crippen molar-refractivity contribution >= 4 is 28.9 Å². The Morgan fingerprint density at radius 2 is 2.21 bits per heavy atom. The van der Waals surface area contributed by atoms with Crippen molar-refractivity contribution < 1.29 is 9.90 Å². The second-order valence-corrected chi connectivity index (χ2v) is 6.94. The summed E-state index contributed by atoms with van der Waals surface area (Å²) in [6, 6.07) is 5.16. The molecule has 0 bridgehead atoms. The van der Waals surface area contributed by atoms with Gasteiger partial charge in [0.25, 0.3) is 0 Å². The van der Waals surface area contributed by atoms with Gasteiger partial charge in [0.2, 0.25) is 0 Å². The molecule has 3 rings (SSSR count). The third-order valence-electron chi connectivity index (χ3n) is 4.18. The van der Waals surface area contributed by atoms with Crippen LogP contribution in [0.4, 0.5) is 16.3 Å². The topological polar surface area (TPSA) is 77.5 Å². The summed E-state index contributed by atoms with van der Waals surface area (Å²) in [6.07, 6.45) is 4.02. The van der Waals surface area contributed by atoms with Crippen LogP contribution < -0.4 is 15.5 Å². The third kappa shape index (κ3) is 3.85. The number of aromatic nitrogens is 1. The minimum absolute atomic E-state index is 0.134. The fourth-order valence-corrected chi connectivity index (χ4v) is 3.55. The van der Waals surface area contributed by atoms with Gasteiger partial charge in [0.1, 0.15) is 5.60 Å². The molecule has 1 aliphatic rings. The number of aliphatic hydroxyl groups is 1. The maximum atomic E-state index is 12.2. The van der Waals surface area contributed by atoms with Crippen LogP contribution in [0.25, 0.3) is 0 Å². The van der Waals surface area contributed by atoms with E-state index in [1.54, 1.807) is 19.2 Å². The van der Waals surface area contributed by atoms with E-state index in [-0.39, 0.29) is 12.6 Å². The number of thiophene rings is 1. The Balaban J connectivity index is 1.61. The number of nitrogens with one attached hydrogen (secondary N) is 2. The maximum Gasteiger partial charge on any atom is 0.319 e. The molecular formula is C17H22N4O2S. The number of carbonyl (C=O) groups is 1. The van der Waals surface area contributed by atoms with Gasteiger partial charge in [-0.15, -0.1) is 0 Å². The molecule has 0 aliphatic carbocycles. The molecule has 24 heavy (non-hydrogen) atoms. The van der Waals surface area contributed by atoms with E-state index in [0.29, 0.717) is 5.69 Å². The van der Waals surface area contributed by atoms with Gasteiger partial charge in [-0.2, -0.15) is 11.3 Å². The Labute approximate surface area is 145 Å². The predicted molar refractivity (Wildman–Crippen MR) is 96.6 cm³/mol. The number of hydrogen-bond donors (Lipinski definition) is 3. The first-order valence-electron chi connectivity index (χ1n) is 8.06. The van der Waals surface area contributed by atoms with Crippen molar-refractivity contribution in [1.29, 1.82) is 0 Å². The van der Waals surface area contributed by atoms with Crippen molar-refractivity contribution in [2.75, 3.05) is 29.9 Å². The maximum absolute atomic E-state index is 12.2. The van der Waals surface area contributed by atoms with Crippen LogP contribution in [0, 0.1) is 0 Å². The fraction of sp³-hybridized carbons (Fsp3) is 0.412. The summed E-state index contributed by atoms with van der Waals surface area (Å²) >= 11 is 1.52. The molecule has 0 saturated carbocycles. The van der Waals surface area contributed by atoms with Crippen molar-refractivity contribution in [3.05, 3.63) is 40.7 Å². The highest BCUT2D eigenvalue weighted by molar-refractivity contribution is 7.08. The molecule has 0 aromatic carbocycles. The van der Waals surface area contributed by atoms with E-state index in [4.69, 9.17) is 0 Å². The van der Waals surface area contributed by atoms with Crippen molar-refractivity contribution in [3.63, 3.8) is 0 Å². The molecule has 2 aromatic heterocycles. The van der Waals surface area contributed by atoms with Crippen LogP contribution in [0.5, 0.6) is 0 Å². The van der Waals surface area contributed by atoms with E-state index in [1.807, 2.05) is 22.9 Å². The lowest BCUT2D eigenvalue weighted by atomic mass is 9.99. The summed E-state index contributed by atoms with van der Waals surface area (Å²) in [7, 11) is 0. The van der Waals surface area contributed by atoms with Crippen LogP contribution in [-0.2, 0) is 5.60 Å². The Morgan fingerprint density at radius 1 is 1.42 bits per heavy atom. The zero-order valence-electron chi connectivity index (χ0n) is 13.7. The van der Waals surface area contributed by atoms with Crippen LogP contribution in [0.2, 0.25) is 0 Å². The highest BCUT2D eigenvalue weighted by Gasteiger charge is 2.24. The highest BCUT2D eigenvalue weighted by atomic mass is 32.1. The lowest BCUT2D eigenvalue weighted by Crippen LogP contribution is -2.40. The van der Waals surface area contributed by atoms with Crippen molar-refractivity contribution in [3.8, 4) is 0 Å². The van der Waals surface area contributed by atoms with Gasteiger partial charge < -0.3 is 20.6 Å². The second-order valence-electron chi connectivity index (χ2n) is 6.16. The molecule has 6 nitrogen and oxygen atoms in total. The Bertz CT molecular complexity index is 682. The molecule has 0 radical (unpaired) electrons. The summed E-state index contributed by atoms with van der Waals surface area (Å²) in [5, 5.41) is 19.8. The SMILES string of the molecule is C[C@@](O)(CNC(=O)Nc1cccnc1N1CCCC1)c1ccsc1. The second kappa shape index (κ2) is 7.19. The van der Waals surface area contributed by atoms with Gasteiger partial charge in [-0.25, -0.2) is 9.78 Å². The summed E-state index contributed by atoms with van der Waals surface area (Å²) in [5.74, 6) is 0.801. The summed E-state index contributed by atoms with van der Waals surface area (Å²) in [4.78, 5) is 18.8. The first-order chi connectivity index (χ1) is 11.6. The van der Waals surface area contributed by atoms with Gasteiger partial charge in [-0.05, 0) is 54.3 Å². The van der Waals surface area contributed by atoms with E-state index in [1.165, 1.54) is 11.3 Å². The van der Waals surface area contributed by atoms with Crippen LogP contribution in [0.1, 0.15) is 25.3 Å². The van der Waals surface area contributed by atoms with E-state index in [0.717, 1.165) is 37.3 Å². The Hall–Kier alpha value is -2.12. The molecule has 1 atom stereocenters. The normalized spacial score (nSPS) is 16.7. The first kappa shape index (κ1) is 16.7. The number of urea groups is 1. The average molecular weight is 346 g/mol. The highest BCUT2D eigenvalue weighted by Crippen LogP contribution is 2.26. The molecule has 1 saturated heterocycles. The van der Waals surface area contributed by atoms with Gasteiger partial charge in [0.15, 0.2) is 5.82 Å². The van der Waals surface area contributed by atoms with Gasteiger partial charge in [0, 0.05) is 19.3 Å². The summed E-state index contributed by atoms with van der Waals surface area (Å²) in [5.41, 5.74) is 0.392. The van der Waals surface area contributed by atoms with Gasteiger partial charge in [-0.1, -0.05) is 0 Å². The van der Waals surface area contributed by atoms with E-state index in [9.17, 15) is 9.90 Å². The summed E-state index contributed by atoms with van der Waals surface area (Å²) in [6.45, 7) is 3.74. The van der Waals surface area contributed by atoms with Gasteiger partial charge in [0.05, 0.1) is 12.2 Å². The molecular weight excluding hydrogens is 324 g/mol. The van der Waals surface area contributed by atoms with Crippen molar-refractivity contribution in [2.24, 2.45) is 0 Å². The van der Waals surface area contributed by atoms with E-state index in [2.05, 4.69) is 20.5 Å². The molecule has 2 amide bonds. The number of carbonyl (C=O) groups excluding carboxylic acids is 1. The Morgan fingerprint density at radius 3 is 2.92 bits per heavy atom. The first-order valence-corrected chi connectivity index (χ1v) is 9.00. The zero-order chi connectivity index (χ0) is 17.0. The van der Waals surface area contributed by atoms with Crippen LogP contribution in [0.15, 0.2) is 35.2 Å².